The molecule has 7 nitrogen and oxygen atoms in total. The Balaban J connectivity index is 2.03. The lowest BCUT2D eigenvalue weighted by Crippen LogP contribution is -2.55. The van der Waals surface area contributed by atoms with Crippen molar-refractivity contribution in [2.24, 2.45) is 5.92 Å². The zero-order valence-electron chi connectivity index (χ0n) is 17.6. The topological polar surface area (TPSA) is 84.9 Å². The van der Waals surface area contributed by atoms with Gasteiger partial charge in [-0.05, 0) is 31.2 Å². The highest BCUT2D eigenvalue weighted by Gasteiger charge is 2.35. The minimum absolute atomic E-state index is 0.00436. The van der Waals surface area contributed by atoms with Gasteiger partial charge in [0.05, 0.1) is 6.61 Å². The maximum Gasteiger partial charge on any atom is 0.408 e. The molecule has 1 aliphatic carbocycles. The van der Waals surface area contributed by atoms with Gasteiger partial charge in [-0.3, -0.25) is 9.59 Å². The van der Waals surface area contributed by atoms with E-state index in [9.17, 15) is 14.4 Å². The van der Waals surface area contributed by atoms with Gasteiger partial charge in [0, 0.05) is 6.04 Å². The fourth-order valence-corrected chi connectivity index (χ4v) is 3.53. The van der Waals surface area contributed by atoms with Crippen LogP contribution >= 0.6 is 0 Å². The summed E-state index contributed by atoms with van der Waals surface area (Å²) in [5.74, 6) is -0.851. The van der Waals surface area contributed by atoms with Crippen LogP contribution in [0.1, 0.15) is 52.0 Å². The van der Waals surface area contributed by atoms with Crippen LogP contribution in [0.2, 0.25) is 0 Å². The number of carbonyl (C=O) groups is 3. The second-order valence-electron chi connectivity index (χ2n) is 7.64. The number of ether oxygens (including phenoxy) is 2. The molecule has 160 valence electrons. The first-order chi connectivity index (χ1) is 13.9. The highest BCUT2D eigenvalue weighted by atomic mass is 16.5. The van der Waals surface area contributed by atoms with Crippen LogP contribution in [0.3, 0.4) is 0 Å². The van der Waals surface area contributed by atoms with E-state index < -0.39 is 18.1 Å². The molecular weight excluding hydrogens is 372 g/mol. The number of amides is 2. The lowest BCUT2D eigenvalue weighted by atomic mass is 10.0. The van der Waals surface area contributed by atoms with E-state index in [-0.39, 0.29) is 37.6 Å². The second kappa shape index (κ2) is 11.4. The highest BCUT2D eigenvalue weighted by Crippen LogP contribution is 2.25. The Morgan fingerprint density at radius 1 is 1.10 bits per heavy atom. The van der Waals surface area contributed by atoms with Crippen molar-refractivity contribution in [2.75, 3.05) is 13.2 Å². The quantitative estimate of drug-likeness (QED) is 0.639. The number of alkyl carbamates (subject to hydrolysis) is 1. The van der Waals surface area contributed by atoms with Crippen molar-refractivity contribution in [3.05, 3.63) is 35.9 Å². The van der Waals surface area contributed by atoms with E-state index in [1.165, 1.54) is 0 Å². The number of nitrogens with one attached hydrogen (secondary N) is 1. The van der Waals surface area contributed by atoms with Gasteiger partial charge in [0.1, 0.15) is 19.2 Å². The summed E-state index contributed by atoms with van der Waals surface area (Å²) in [4.78, 5) is 39.2. The molecule has 0 spiro atoms. The molecule has 0 radical (unpaired) electrons. The molecule has 2 rings (SSSR count). The van der Waals surface area contributed by atoms with Gasteiger partial charge < -0.3 is 19.7 Å². The fraction of sp³-hybridized carbons (Fsp3) is 0.591. The van der Waals surface area contributed by atoms with Crippen LogP contribution < -0.4 is 5.32 Å². The summed E-state index contributed by atoms with van der Waals surface area (Å²) >= 11 is 0. The predicted octanol–water partition coefficient (Wildman–Crippen LogP) is 3.27. The standard InChI is InChI=1S/C22H32N2O5/c1-4-28-19(25)14-24(18-12-8-9-13-18)21(26)20(16(2)3)23-22(27)29-15-17-10-6-5-7-11-17/h5-7,10-11,16,18,20H,4,8-9,12-15H2,1-3H3,(H,23,27)/t20-/m0/s1. The molecule has 0 aromatic heterocycles. The molecule has 1 N–H and O–H groups in total. The Labute approximate surface area is 172 Å². The van der Waals surface area contributed by atoms with Gasteiger partial charge in [-0.2, -0.15) is 0 Å². The molecule has 0 heterocycles. The monoisotopic (exact) mass is 404 g/mol. The summed E-state index contributed by atoms with van der Waals surface area (Å²) in [5, 5.41) is 2.69. The van der Waals surface area contributed by atoms with Crippen molar-refractivity contribution in [3.8, 4) is 0 Å². The summed E-state index contributed by atoms with van der Waals surface area (Å²) in [6.45, 7) is 5.75. The van der Waals surface area contributed by atoms with Gasteiger partial charge >= 0.3 is 12.1 Å². The average Bonchev–Trinajstić information content (AvgIpc) is 3.23. The van der Waals surface area contributed by atoms with Gasteiger partial charge in [-0.15, -0.1) is 0 Å². The number of hydrogen-bond donors (Lipinski definition) is 1. The zero-order valence-corrected chi connectivity index (χ0v) is 17.6. The Morgan fingerprint density at radius 2 is 1.76 bits per heavy atom. The van der Waals surface area contributed by atoms with Crippen molar-refractivity contribution >= 4 is 18.0 Å². The van der Waals surface area contributed by atoms with Crippen molar-refractivity contribution in [1.82, 2.24) is 10.2 Å². The van der Waals surface area contributed by atoms with Crippen molar-refractivity contribution in [3.63, 3.8) is 0 Å². The molecule has 0 saturated heterocycles. The summed E-state index contributed by atoms with van der Waals surface area (Å²) in [7, 11) is 0. The first kappa shape index (κ1) is 22.7. The molecule has 1 fully saturated rings. The Bertz CT molecular complexity index is 671. The number of nitrogens with zero attached hydrogens (tertiary/aromatic N) is 1. The molecule has 7 heteroatoms. The summed E-state index contributed by atoms with van der Waals surface area (Å²) < 4.78 is 10.3. The third-order valence-electron chi connectivity index (χ3n) is 5.07. The van der Waals surface area contributed by atoms with Crippen molar-refractivity contribution < 1.29 is 23.9 Å². The third-order valence-corrected chi connectivity index (χ3v) is 5.07. The molecule has 29 heavy (non-hydrogen) atoms. The van der Waals surface area contributed by atoms with E-state index in [1.807, 2.05) is 44.2 Å². The summed E-state index contributed by atoms with van der Waals surface area (Å²) in [6, 6.07) is 8.57. The SMILES string of the molecule is CCOC(=O)CN(C(=O)[C@@H](NC(=O)OCc1ccccc1)C(C)C)C1CCCC1. The first-order valence-electron chi connectivity index (χ1n) is 10.4. The van der Waals surface area contributed by atoms with Crippen LogP contribution in [0.4, 0.5) is 4.79 Å². The summed E-state index contributed by atoms with van der Waals surface area (Å²) in [5.41, 5.74) is 0.866. The number of carbonyl (C=O) groups excluding carboxylic acids is 3. The molecule has 0 unspecified atom stereocenters. The van der Waals surface area contributed by atoms with Gasteiger partial charge in [-0.1, -0.05) is 57.0 Å². The van der Waals surface area contributed by atoms with Gasteiger partial charge in [0.25, 0.3) is 0 Å². The number of rotatable bonds is 9. The van der Waals surface area contributed by atoms with Gasteiger partial charge in [0.15, 0.2) is 0 Å². The smallest absolute Gasteiger partial charge is 0.408 e. The largest absolute Gasteiger partial charge is 0.465 e. The van der Waals surface area contributed by atoms with Crippen molar-refractivity contribution in [2.45, 2.75) is 65.1 Å². The molecule has 1 aromatic rings. The van der Waals surface area contributed by atoms with E-state index in [0.29, 0.717) is 0 Å². The van der Waals surface area contributed by atoms with E-state index in [4.69, 9.17) is 9.47 Å². The zero-order chi connectivity index (χ0) is 21.2. The fourth-order valence-electron chi connectivity index (χ4n) is 3.53. The molecule has 1 saturated carbocycles. The lowest BCUT2D eigenvalue weighted by Gasteiger charge is -2.33. The highest BCUT2D eigenvalue weighted by molar-refractivity contribution is 5.89. The number of hydrogen-bond acceptors (Lipinski definition) is 5. The Hall–Kier alpha value is -2.57. The maximum absolute atomic E-state index is 13.3. The summed E-state index contributed by atoms with van der Waals surface area (Å²) in [6.07, 6.45) is 3.11. The molecule has 0 bridgehead atoms. The van der Waals surface area contributed by atoms with Crippen LogP contribution in [0, 0.1) is 5.92 Å². The predicted molar refractivity (Wildman–Crippen MR) is 109 cm³/mol. The van der Waals surface area contributed by atoms with Gasteiger partial charge in [-0.25, -0.2) is 4.79 Å². The van der Waals surface area contributed by atoms with Crippen LogP contribution in [0.25, 0.3) is 0 Å². The van der Waals surface area contributed by atoms with Crippen LogP contribution in [0.15, 0.2) is 30.3 Å². The second-order valence-corrected chi connectivity index (χ2v) is 7.64. The van der Waals surface area contributed by atoms with E-state index in [1.54, 1.807) is 11.8 Å². The Kier molecular flexibility index (Phi) is 8.96. The normalized spacial score (nSPS) is 15.0. The average molecular weight is 405 g/mol. The van der Waals surface area contributed by atoms with Crippen molar-refractivity contribution in [1.29, 1.82) is 0 Å². The van der Waals surface area contributed by atoms with Crippen LogP contribution in [0.5, 0.6) is 0 Å². The number of benzene rings is 1. The molecule has 0 aliphatic heterocycles. The molecule has 2 amide bonds. The maximum atomic E-state index is 13.3. The van der Waals surface area contributed by atoms with E-state index in [2.05, 4.69) is 5.32 Å². The minimum atomic E-state index is -0.770. The van der Waals surface area contributed by atoms with Crippen LogP contribution in [-0.2, 0) is 25.7 Å². The lowest BCUT2D eigenvalue weighted by molar-refractivity contribution is -0.151. The molecule has 1 aromatic carbocycles. The van der Waals surface area contributed by atoms with Gasteiger partial charge in [0.2, 0.25) is 5.91 Å². The Morgan fingerprint density at radius 3 is 2.34 bits per heavy atom. The van der Waals surface area contributed by atoms with E-state index in [0.717, 1.165) is 31.2 Å². The molecular formula is C22H32N2O5. The molecule has 1 atom stereocenters. The van der Waals surface area contributed by atoms with Crippen LogP contribution in [-0.4, -0.2) is 48.1 Å². The third kappa shape index (κ3) is 7.07. The minimum Gasteiger partial charge on any atom is -0.465 e. The molecule has 1 aliphatic rings. The number of esters is 1. The van der Waals surface area contributed by atoms with E-state index >= 15 is 0 Å². The first-order valence-corrected chi connectivity index (χ1v) is 10.4.